The van der Waals surface area contributed by atoms with Gasteiger partial charge >= 0.3 is 0 Å². The molecule has 1 aromatic carbocycles. The molecule has 1 aliphatic rings. The quantitative estimate of drug-likeness (QED) is 0.725. The standard InChI is InChI=1S/C14H16BrNO/c1-10-3-5-16(6-4-10)14(17)12-7-11(2)8-13(15)9-12/h3,7-9H,4-6H2,1-2H3. The predicted octanol–water partition coefficient (Wildman–Crippen LogP) is 3.55. The molecule has 1 amide bonds. The van der Waals surface area contributed by atoms with Crippen LogP contribution in [0.3, 0.4) is 0 Å². The molecule has 0 unspecified atom stereocenters. The van der Waals surface area contributed by atoms with Crippen molar-refractivity contribution in [1.82, 2.24) is 4.90 Å². The Bertz CT molecular complexity index is 459. The molecule has 0 radical (unpaired) electrons. The molecule has 3 heteroatoms. The Labute approximate surface area is 110 Å². The van der Waals surface area contributed by atoms with Gasteiger partial charge in [-0.15, -0.1) is 0 Å². The van der Waals surface area contributed by atoms with Crippen LogP contribution in [0.4, 0.5) is 0 Å². The van der Waals surface area contributed by atoms with Crippen LogP contribution >= 0.6 is 15.9 Å². The van der Waals surface area contributed by atoms with Gasteiger partial charge in [-0.2, -0.15) is 0 Å². The number of carbonyl (C=O) groups is 1. The number of carbonyl (C=O) groups excluding carboxylic acids is 1. The largest absolute Gasteiger partial charge is 0.335 e. The lowest BCUT2D eigenvalue weighted by Crippen LogP contribution is -2.34. The molecule has 0 atom stereocenters. The normalized spacial score (nSPS) is 15.7. The van der Waals surface area contributed by atoms with Gasteiger partial charge in [0.05, 0.1) is 0 Å². The number of hydrogen-bond donors (Lipinski definition) is 0. The van der Waals surface area contributed by atoms with Gasteiger partial charge in [-0.25, -0.2) is 0 Å². The molecule has 0 bridgehead atoms. The lowest BCUT2D eigenvalue weighted by atomic mass is 10.1. The fraction of sp³-hybridized carbons (Fsp3) is 0.357. The molecule has 0 saturated carbocycles. The van der Waals surface area contributed by atoms with E-state index in [0.717, 1.165) is 35.1 Å². The summed E-state index contributed by atoms with van der Waals surface area (Å²) in [5.41, 5.74) is 3.25. The topological polar surface area (TPSA) is 20.3 Å². The zero-order valence-electron chi connectivity index (χ0n) is 10.2. The van der Waals surface area contributed by atoms with Crippen LogP contribution in [0, 0.1) is 6.92 Å². The number of halogens is 1. The van der Waals surface area contributed by atoms with Gasteiger partial charge in [0.25, 0.3) is 5.91 Å². The predicted molar refractivity (Wildman–Crippen MR) is 73.2 cm³/mol. The van der Waals surface area contributed by atoms with E-state index in [0.29, 0.717) is 0 Å². The molecule has 1 aliphatic heterocycles. The van der Waals surface area contributed by atoms with Crippen molar-refractivity contribution < 1.29 is 4.79 Å². The van der Waals surface area contributed by atoms with Gasteiger partial charge in [0.1, 0.15) is 0 Å². The van der Waals surface area contributed by atoms with Crippen molar-refractivity contribution >= 4 is 21.8 Å². The second kappa shape index (κ2) is 5.05. The number of rotatable bonds is 1. The van der Waals surface area contributed by atoms with Gasteiger partial charge in [0.2, 0.25) is 0 Å². The van der Waals surface area contributed by atoms with Crippen molar-refractivity contribution in [3.8, 4) is 0 Å². The zero-order chi connectivity index (χ0) is 12.4. The number of amides is 1. The summed E-state index contributed by atoms with van der Waals surface area (Å²) in [5, 5.41) is 0. The highest BCUT2D eigenvalue weighted by atomic mass is 79.9. The molecule has 0 aliphatic carbocycles. The molecule has 17 heavy (non-hydrogen) atoms. The second-order valence-electron chi connectivity index (χ2n) is 4.57. The second-order valence-corrected chi connectivity index (χ2v) is 5.48. The molecule has 1 heterocycles. The van der Waals surface area contributed by atoms with Crippen LogP contribution in [0.1, 0.15) is 29.3 Å². The van der Waals surface area contributed by atoms with Crippen LogP contribution < -0.4 is 0 Å². The number of nitrogens with zero attached hydrogens (tertiary/aromatic N) is 1. The first-order chi connectivity index (χ1) is 8.06. The van der Waals surface area contributed by atoms with Crippen molar-refractivity contribution in [3.05, 3.63) is 45.4 Å². The van der Waals surface area contributed by atoms with Gasteiger partial charge in [-0.3, -0.25) is 4.79 Å². The van der Waals surface area contributed by atoms with Gasteiger partial charge in [-0.1, -0.05) is 27.6 Å². The van der Waals surface area contributed by atoms with E-state index in [9.17, 15) is 4.79 Å². The van der Waals surface area contributed by atoms with E-state index >= 15 is 0 Å². The Morgan fingerprint density at radius 3 is 2.65 bits per heavy atom. The fourth-order valence-corrected chi connectivity index (χ4v) is 2.61. The Morgan fingerprint density at radius 2 is 2.06 bits per heavy atom. The fourth-order valence-electron chi connectivity index (χ4n) is 2.00. The molecule has 0 N–H and O–H groups in total. The minimum Gasteiger partial charge on any atom is -0.335 e. The van der Waals surface area contributed by atoms with E-state index in [1.807, 2.05) is 30.0 Å². The third kappa shape index (κ3) is 2.97. The van der Waals surface area contributed by atoms with Crippen molar-refractivity contribution in [2.45, 2.75) is 20.3 Å². The maximum Gasteiger partial charge on any atom is 0.254 e. The van der Waals surface area contributed by atoms with E-state index in [2.05, 4.69) is 28.9 Å². The van der Waals surface area contributed by atoms with Gasteiger partial charge in [0, 0.05) is 23.1 Å². The third-order valence-electron chi connectivity index (χ3n) is 3.01. The first-order valence-corrected chi connectivity index (χ1v) is 6.57. The molecular weight excluding hydrogens is 278 g/mol. The minimum atomic E-state index is 0.123. The molecule has 0 aromatic heterocycles. The average molecular weight is 294 g/mol. The SMILES string of the molecule is CC1=CCN(C(=O)c2cc(C)cc(Br)c2)CC1. The Morgan fingerprint density at radius 1 is 1.29 bits per heavy atom. The molecule has 0 spiro atoms. The maximum absolute atomic E-state index is 12.3. The van der Waals surface area contributed by atoms with E-state index in [1.165, 1.54) is 5.57 Å². The van der Waals surface area contributed by atoms with Crippen LogP contribution in [-0.4, -0.2) is 23.9 Å². The summed E-state index contributed by atoms with van der Waals surface area (Å²) < 4.78 is 0.963. The van der Waals surface area contributed by atoms with Gasteiger partial charge in [0.15, 0.2) is 0 Å². The Balaban J connectivity index is 2.20. The van der Waals surface area contributed by atoms with Crippen molar-refractivity contribution in [1.29, 1.82) is 0 Å². The van der Waals surface area contributed by atoms with E-state index in [4.69, 9.17) is 0 Å². The van der Waals surface area contributed by atoms with Crippen molar-refractivity contribution in [2.24, 2.45) is 0 Å². The van der Waals surface area contributed by atoms with Crippen LogP contribution in [0.15, 0.2) is 34.3 Å². The van der Waals surface area contributed by atoms with Crippen LogP contribution in [0.2, 0.25) is 0 Å². The molecule has 0 saturated heterocycles. The summed E-state index contributed by atoms with van der Waals surface area (Å²) in [5.74, 6) is 0.123. The van der Waals surface area contributed by atoms with Crippen molar-refractivity contribution in [3.63, 3.8) is 0 Å². The molecule has 0 fully saturated rings. The number of hydrogen-bond acceptors (Lipinski definition) is 1. The van der Waals surface area contributed by atoms with E-state index < -0.39 is 0 Å². The lowest BCUT2D eigenvalue weighted by molar-refractivity contribution is 0.0769. The summed E-state index contributed by atoms with van der Waals surface area (Å²) >= 11 is 3.43. The first kappa shape index (κ1) is 12.4. The summed E-state index contributed by atoms with van der Waals surface area (Å²) in [4.78, 5) is 14.2. The molecule has 2 nitrogen and oxygen atoms in total. The summed E-state index contributed by atoms with van der Waals surface area (Å²) in [6.45, 7) is 5.68. The Kier molecular flexibility index (Phi) is 3.67. The molecule has 90 valence electrons. The summed E-state index contributed by atoms with van der Waals surface area (Å²) in [7, 11) is 0. The Hall–Kier alpha value is -1.09. The van der Waals surface area contributed by atoms with Crippen molar-refractivity contribution in [2.75, 3.05) is 13.1 Å². The van der Waals surface area contributed by atoms with E-state index in [-0.39, 0.29) is 5.91 Å². The number of aryl methyl sites for hydroxylation is 1. The molecule has 1 aromatic rings. The first-order valence-electron chi connectivity index (χ1n) is 5.78. The zero-order valence-corrected chi connectivity index (χ0v) is 11.8. The summed E-state index contributed by atoms with van der Waals surface area (Å²) in [6, 6.07) is 5.84. The third-order valence-corrected chi connectivity index (χ3v) is 3.47. The van der Waals surface area contributed by atoms with Crippen LogP contribution in [-0.2, 0) is 0 Å². The number of benzene rings is 1. The summed E-state index contributed by atoms with van der Waals surface area (Å²) in [6.07, 6.45) is 3.12. The monoisotopic (exact) mass is 293 g/mol. The van der Waals surface area contributed by atoms with Crippen LogP contribution in [0.25, 0.3) is 0 Å². The van der Waals surface area contributed by atoms with Crippen LogP contribution in [0.5, 0.6) is 0 Å². The average Bonchev–Trinajstić information content (AvgIpc) is 2.28. The lowest BCUT2D eigenvalue weighted by Gasteiger charge is -2.25. The highest BCUT2D eigenvalue weighted by molar-refractivity contribution is 9.10. The highest BCUT2D eigenvalue weighted by Gasteiger charge is 2.17. The smallest absolute Gasteiger partial charge is 0.254 e. The van der Waals surface area contributed by atoms with Gasteiger partial charge in [-0.05, 0) is 44.0 Å². The highest BCUT2D eigenvalue weighted by Crippen LogP contribution is 2.18. The van der Waals surface area contributed by atoms with Gasteiger partial charge < -0.3 is 4.90 Å². The van der Waals surface area contributed by atoms with E-state index in [1.54, 1.807) is 0 Å². The molecule has 2 rings (SSSR count). The molecular formula is C14H16BrNO. The minimum absolute atomic E-state index is 0.123. The maximum atomic E-state index is 12.3.